The van der Waals surface area contributed by atoms with Crippen LogP contribution < -0.4 is 4.74 Å². The summed E-state index contributed by atoms with van der Waals surface area (Å²) in [4.78, 5) is 7.58. The number of benzene rings is 1. The van der Waals surface area contributed by atoms with Gasteiger partial charge in [0.1, 0.15) is 24.0 Å². The highest BCUT2D eigenvalue weighted by Gasteiger charge is 2.48. The second-order valence-electron chi connectivity index (χ2n) is 8.18. The number of nitrogens with one attached hydrogen (secondary N) is 1. The van der Waals surface area contributed by atoms with Gasteiger partial charge in [-0.1, -0.05) is 24.3 Å². The zero-order valence-electron chi connectivity index (χ0n) is 17.2. The molecule has 0 spiro atoms. The maximum absolute atomic E-state index is 14.9. The Morgan fingerprint density at radius 2 is 1.88 bits per heavy atom. The van der Waals surface area contributed by atoms with Crippen molar-refractivity contribution in [3.05, 3.63) is 54.6 Å². The van der Waals surface area contributed by atoms with Crippen molar-refractivity contribution in [2.24, 2.45) is 7.05 Å². The number of aliphatic hydroxyl groups excluding tert-OH is 1. The van der Waals surface area contributed by atoms with Crippen LogP contribution in [0.25, 0.3) is 33.4 Å². The molecule has 2 aliphatic heterocycles. The minimum absolute atomic E-state index is 0.234. The number of fused-ring (bicyclic) bond motifs is 2. The predicted molar refractivity (Wildman–Crippen MR) is 114 cm³/mol. The summed E-state index contributed by atoms with van der Waals surface area (Å²) in [6, 6.07) is 10.7. The van der Waals surface area contributed by atoms with Gasteiger partial charge >= 0.3 is 0 Å². The Bertz CT molecular complexity index is 1290. The van der Waals surface area contributed by atoms with Crippen LogP contribution in [0.4, 0.5) is 4.39 Å². The van der Waals surface area contributed by atoms with E-state index in [9.17, 15) is 9.50 Å². The average Bonchev–Trinajstić information content (AvgIpc) is 3.55. The standard InChI is InChI=1S/C23H21FN4O4/c1-28-9-14(8-25-28)12-2-4-13(5-3-12)21-15(24)6-16-17(27-21)7-20(26-16)32-19-11-31-22-18(29)10-30-23(19)22/h2-9,18-19,22-23,26,29H,10-11H2,1H3/t18-,19-,22-,23-/m1/s1. The predicted octanol–water partition coefficient (Wildman–Crippen LogP) is 2.68. The Morgan fingerprint density at radius 3 is 2.66 bits per heavy atom. The lowest BCUT2D eigenvalue weighted by Gasteiger charge is -2.16. The number of aryl methyl sites for hydroxylation is 1. The molecule has 2 aliphatic rings. The molecule has 32 heavy (non-hydrogen) atoms. The number of hydrogen-bond acceptors (Lipinski definition) is 6. The second-order valence-corrected chi connectivity index (χ2v) is 8.18. The molecular formula is C23H21FN4O4. The lowest BCUT2D eigenvalue weighted by Crippen LogP contribution is -2.34. The van der Waals surface area contributed by atoms with Gasteiger partial charge in [0.15, 0.2) is 17.8 Å². The average molecular weight is 436 g/mol. The molecule has 8 nitrogen and oxygen atoms in total. The molecule has 0 saturated carbocycles. The van der Waals surface area contributed by atoms with Crippen LogP contribution in [0.5, 0.6) is 5.88 Å². The molecule has 164 valence electrons. The van der Waals surface area contributed by atoms with Crippen LogP contribution in [0.1, 0.15) is 0 Å². The normalized spacial score (nSPS) is 24.8. The first-order valence-electron chi connectivity index (χ1n) is 10.4. The van der Waals surface area contributed by atoms with Gasteiger partial charge < -0.3 is 24.3 Å². The van der Waals surface area contributed by atoms with Crippen molar-refractivity contribution in [1.29, 1.82) is 0 Å². The Hall–Kier alpha value is -3.27. The summed E-state index contributed by atoms with van der Waals surface area (Å²) in [5.41, 5.74) is 4.07. The number of rotatable bonds is 4. The van der Waals surface area contributed by atoms with E-state index in [1.807, 2.05) is 37.5 Å². The number of H-pyrrole nitrogens is 1. The number of hydrogen-bond donors (Lipinski definition) is 2. The molecular weight excluding hydrogens is 415 g/mol. The first kappa shape index (κ1) is 19.4. The SMILES string of the molecule is Cn1cc(-c2ccc(-c3nc4cc(O[C@@H]5CO[C@H]6[C@@H]5OC[C@H]6O)[nH]c4cc3F)cc2)cn1. The van der Waals surface area contributed by atoms with E-state index in [-0.39, 0.29) is 30.6 Å². The van der Waals surface area contributed by atoms with Gasteiger partial charge in [-0.2, -0.15) is 5.10 Å². The van der Waals surface area contributed by atoms with Crippen LogP contribution >= 0.6 is 0 Å². The van der Waals surface area contributed by atoms with Gasteiger partial charge in [0, 0.05) is 36.5 Å². The molecule has 0 unspecified atom stereocenters. The summed E-state index contributed by atoms with van der Waals surface area (Å²) in [6.07, 6.45) is 2.02. The van der Waals surface area contributed by atoms with E-state index < -0.39 is 11.9 Å². The van der Waals surface area contributed by atoms with Crippen molar-refractivity contribution in [1.82, 2.24) is 19.7 Å². The van der Waals surface area contributed by atoms with Crippen LogP contribution in [0.15, 0.2) is 48.8 Å². The molecule has 9 heteroatoms. The Kier molecular flexibility index (Phi) is 4.49. The van der Waals surface area contributed by atoms with Gasteiger partial charge in [0.05, 0.1) is 30.4 Å². The maximum atomic E-state index is 14.9. The van der Waals surface area contributed by atoms with Crippen LogP contribution in [0.3, 0.4) is 0 Å². The Balaban J connectivity index is 1.26. The van der Waals surface area contributed by atoms with Gasteiger partial charge in [-0.25, -0.2) is 9.37 Å². The topological polar surface area (TPSA) is 94.4 Å². The fourth-order valence-electron chi connectivity index (χ4n) is 4.37. The lowest BCUT2D eigenvalue weighted by molar-refractivity contribution is 0.00794. The number of ether oxygens (including phenoxy) is 3. The maximum Gasteiger partial charge on any atom is 0.193 e. The number of aromatic amines is 1. The third-order valence-corrected chi connectivity index (χ3v) is 5.99. The summed E-state index contributed by atoms with van der Waals surface area (Å²) in [7, 11) is 1.86. The van der Waals surface area contributed by atoms with Crippen molar-refractivity contribution in [3.63, 3.8) is 0 Å². The fraction of sp³-hybridized carbons (Fsp3) is 0.304. The molecule has 4 aromatic rings. The number of aliphatic hydroxyl groups is 1. The van der Waals surface area contributed by atoms with Crippen LogP contribution in [-0.2, 0) is 16.5 Å². The summed E-state index contributed by atoms with van der Waals surface area (Å²) in [5.74, 6) is 0.0294. The van der Waals surface area contributed by atoms with E-state index in [0.717, 1.165) is 11.1 Å². The fourth-order valence-corrected chi connectivity index (χ4v) is 4.37. The Labute approximate surface area is 182 Å². The summed E-state index contributed by atoms with van der Waals surface area (Å²) in [5, 5.41) is 14.1. The number of halogens is 1. The van der Waals surface area contributed by atoms with Gasteiger partial charge in [0.25, 0.3) is 0 Å². The highest BCUT2D eigenvalue weighted by Crippen LogP contribution is 2.32. The van der Waals surface area contributed by atoms with E-state index in [1.54, 1.807) is 16.9 Å². The van der Waals surface area contributed by atoms with E-state index >= 15 is 0 Å². The van der Waals surface area contributed by atoms with Gasteiger partial charge in [0.2, 0.25) is 0 Å². The first-order valence-corrected chi connectivity index (χ1v) is 10.4. The van der Waals surface area contributed by atoms with Crippen molar-refractivity contribution < 1.29 is 23.7 Å². The van der Waals surface area contributed by atoms with Crippen molar-refractivity contribution in [2.45, 2.75) is 24.4 Å². The molecule has 2 fully saturated rings. The minimum atomic E-state index is -0.640. The number of nitrogens with zero attached hydrogens (tertiary/aromatic N) is 3. The zero-order valence-corrected chi connectivity index (χ0v) is 17.2. The van der Waals surface area contributed by atoms with E-state index in [4.69, 9.17) is 14.2 Å². The molecule has 5 heterocycles. The summed E-state index contributed by atoms with van der Waals surface area (Å²) >= 11 is 0. The van der Waals surface area contributed by atoms with E-state index in [1.165, 1.54) is 6.07 Å². The van der Waals surface area contributed by atoms with Crippen molar-refractivity contribution in [3.8, 4) is 28.3 Å². The van der Waals surface area contributed by atoms with Crippen LogP contribution in [-0.4, -0.2) is 62.5 Å². The molecule has 1 aromatic carbocycles. The van der Waals surface area contributed by atoms with Gasteiger partial charge in [-0.05, 0) is 5.56 Å². The number of aromatic nitrogens is 4. The second kappa shape index (κ2) is 7.40. The monoisotopic (exact) mass is 436 g/mol. The van der Waals surface area contributed by atoms with E-state index in [2.05, 4.69) is 15.1 Å². The lowest BCUT2D eigenvalue weighted by atomic mass is 10.0. The highest BCUT2D eigenvalue weighted by atomic mass is 19.1. The summed E-state index contributed by atoms with van der Waals surface area (Å²) in [6.45, 7) is 0.551. The molecule has 0 amide bonds. The Morgan fingerprint density at radius 1 is 1.09 bits per heavy atom. The minimum Gasteiger partial charge on any atom is -0.470 e. The molecule has 6 rings (SSSR count). The molecule has 0 bridgehead atoms. The third-order valence-electron chi connectivity index (χ3n) is 5.99. The molecule has 0 radical (unpaired) electrons. The molecule has 4 atom stereocenters. The molecule has 2 saturated heterocycles. The number of pyridine rings is 1. The smallest absolute Gasteiger partial charge is 0.193 e. The van der Waals surface area contributed by atoms with Crippen molar-refractivity contribution in [2.75, 3.05) is 13.2 Å². The van der Waals surface area contributed by atoms with E-state index in [0.29, 0.717) is 29.1 Å². The van der Waals surface area contributed by atoms with Crippen LogP contribution in [0.2, 0.25) is 0 Å². The zero-order chi connectivity index (χ0) is 21.8. The van der Waals surface area contributed by atoms with Gasteiger partial charge in [-0.15, -0.1) is 0 Å². The molecule has 3 aromatic heterocycles. The van der Waals surface area contributed by atoms with Gasteiger partial charge in [-0.3, -0.25) is 4.68 Å². The first-order chi connectivity index (χ1) is 15.5. The van der Waals surface area contributed by atoms with Crippen molar-refractivity contribution >= 4 is 11.0 Å². The molecule has 2 N–H and O–H groups in total. The molecule has 0 aliphatic carbocycles. The summed E-state index contributed by atoms with van der Waals surface area (Å²) < 4.78 is 33.8. The third kappa shape index (κ3) is 3.26. The highest BCUT2D eigenvalue weighted by molar-refractivity contribution is 5.81. The quantitative estimate of drug-likeness (QED) is 0.511. The van der Waals surface area contributed by atoms with Crippen LogP contribution in [0, 0.1) is 5.82 Å². The largest absolute Gasteiger partial charge is 0.470 e.